The van der Waals surface area contributed by atoms with Gasteiger partial charge in [0.1, 0.15) is 0 Å². The minimum absolute atomic E-state index is 0.0618. The van der Waals surface area contributed by atoms with Gasteiger partial charge >= 0.3 is 5.97 Å². The summed E-state index contributed by atoms with van der Waals surface area (Å²) in [7, 11) is 0. The Bertz CT molecular complexity index is 773. The van der Waals surface area contributed by atoms with Crippen LogP contribution in [0.5, 0.6) is 0 Å². The van der Waals surface area contributed by atoms with Crippen molar-refractivity contribution < 1.29 is 9.90 Å². The molecule has 1 aliphatic carbocycles. The van der Waals surface area contributed by atoms with Crippen LogP contribution in [-0.2, 0) is 0 Å². The highest BCUT2D eigenvalue weighted by atomic mass is 16.4. The smallest absolute Gasteiger partial charge is 0.372 e. The van der Waals surface area contributed by atoms with Gasteiger partial charge in [-0.05, 0) is 30.4 Å². The average molecular weight is 328 g/mol. The van der Waals surface area contributed by atoms with Crippen LogP contribution in [0.2, 0.25) is 0 Å². The molecule has 2 atom stereocenters. The van der Waals surface area contributed by atoms with Crippen molar-refractivity contribution in [3.63, 3.8) is 0 Å². The van der Waals surface area contributed by atoms with Gasteiger partial charge < -0.3 is 5.11 Å². The van der Waals surface area contributed by atoms with E-state index in [-0.39, 0.29) is 11.2 Å². The van der Waals surface area contributed by atoms with E-state index in [0.717, 1.165) is 23.2 Å². The number of benzene rings is 1. The van der Waals surface area contributed by atoms with Crippen LogP contribution in [-0.4, -0.2) is 20.6 Å². The maximum atomic E-state index is 11.7. The van der Waals surface area contributed by atoms with Crippen LogP contribution in [0.3, 0.4) is 0 Å². The summed E-state index contributed by atoms with van der Waals surface area (Å²) in [5.74, 6) is 0.0144. The van der Waals surface area contributed by atoms with E-state index in [2.05, 4.69) is 38.8 Å². The average Bonchev–Trinajstić information content (AvgIpc) is 3.09. The molecule has 0 radical (unpaired) electrons. The molecule has 0 saturated carbocycles. The summed E-state index contributed by atoms with van der Waals surface area (Å²) in [5, 5.41) is 9.59. The summed E-state index contributed by atoms with van der Waals surface area (Å²) in [5.41, 5.74) is 2.60. The SMILES string of the molecule is CC.CC(C)C1(C)C(n2c(C(=O)O)nc3ccccc32)=CCC1C. The zero-order chi connectivity index (χ0) is 18.1. The van der Waals surface area contributed by atoms with E-state index in [4.69, 9.17) is 0 Å². The Kier molecular flexibility index (Phi) is 5.16. The van der Waals surface area contributed by atoms with Crippen molar-refractivity contribution in [2.24, 2.45) is 17.3 Å². The molecule has 0 spiro atoms. The second-order valence-electron chi connectivity index (χ2n) is 6.73. The van der Waals surface area contributed by atoms with Crippen molar-refractivity contribution in [3.05, 3.63) is 36.2 Å². The van der Waals surface area contributed by atoms with Crippen LogP contribution in [0.25, 0.3) is 16.7 Å². The van der Waals surface area contributed by atoms with Crippen LogP contribution in [0.1, 0.15) is 58.6 Å². The largest absolute Gasteiger partial charge is 0.475 e. The van der Waals surface area contributed by atoms with Gasteiger partial charge in [0.25, 0.3) is 0 Å². The molecular formula is C20H28N2O2. The molecule has 1 aromatic carbocycles. The lowest BCUT2D eigenvalue weighted by Gasteiger charge is -2.37. The van der Waals surface area contributed by atoms with Gasteiger partial charge in [-0.3, -0.25) is 4.57 Å². The first-order chi connectivity index (χ1) is 11.4. The fourth-order valence-electron chi connectivity index (χ4n) is 3.62. The third kappa shape index (κ3) is 2.64. The molecule has 24 heavy (non-hydrogen) atoms. The number of rotatable bonds is 3. The Morgan fingerprint density at radius 3 is 2.54 bits per heavy atom. The molecule has 0 aliphatic heterocycles. The van der Waals surface area contributed by atoms with Gasteiger partial charge in [-0.15, -0.1) is 0 Å². The maximum Gasteiger partial charge on any atom is 0.372 e. The number of hydrogen-bond acceptors (Lipinski definition) is 2. The number of carboxylic acid groups (broad SMARTS) is 1. The van der Waals surface area contributed by atoms with E-state index in [1.807, 2.05) is 42.7 Å². The summed E-state index contributed by atoms with van der Waals surface area (Å²) < 4.78 is 1.85. The molecule has 130 valence electrons. The van der Waals surface area contributed by atoms with Crippen LogP contribution in [0.15, 0.2) is 30.3 Å². The summed E-state index contributed by atoms with van der Waals surface area (Å²) in [6.45, 7) is 12.9. The Morgan fingerprint density at radius 1 is 1.33 bits per heavy atom. The molecule has 1 heterocycles. The highest BCUT2D eigenvalue weighted by molar-refractivity contribution is 5.93. The summed E-state index contributed by atoms with van der Waals surface area (Å²) in [4.78, 5) is 16.0. The second-order valence-corrected chi connectivity index (χ2v) is 6.73. The third-order valence-corrected chi connectivity index (χ3v) is 5.43. The molecule has 1 aromatic heterocycles. The fraction of sp³-hybridized carbons (Fsp3) is 0.500. The van der Waals surface area contributed by atoms with Gasteiger partial charge in [0.05, 0.1) is 11.0 Å². The molecule has 0 amide bonds. The number of hydrogen-bond donors (Lipinski definition) is 1. The first kappa shape index (κ1) is 18.2. The Hall–Kier alpha value is -2.10. The monoisotopic (exact) mass is 328 g/mol. The number of imidazole rings is 1. The quantitative estimate of drug-likeness (QED) is 0.831. The van der Waals surface area contributed by atoms with Gasteiger partial charge in [-0.2, -0.15) is 0 Å². The number of para-hydroxylation sites is 2. The van der Waals surface area contributed by atoms with Crippen LogP contribution >= 0.6 is 0 Å². The lowest BCUT2D eigenvalue weighted by Crippen LogP contribution is -2.32. The summed E-state index contributed by atoms with van der Waals surface area (Å²) in [6, 6.07) is 7.62. The maximum absolute atomic E-state index is 11.7. The van der Waals surface area contributed by atoms with Gasteiger partial charge in [-0.25, -0.2) is 9.78 Å². The Labute approximate surface area is 144 Å². The van der Waals surface area contributed by atoms with Crippen LogP contribution < -0.4 is 0 Å². The highest BCUT2D eigenvalue weighted by Gasteiger charge is 2.43. The van der Waals surface area contributed by atoms with Gasteiger partial charge in [0.15, 0.2) is 0 Å². The van der Waals surface area contributed by atoms with Gasteiger partial charge in [0, 0.05) is 11.1 Å². The van der Waals surface area contributed by atoms with Crippen molar-refractivity contribution in [2.45, 2.75) is 48.0 Å². The van der Waals surface area contributed by atoms with Gasteiger partial charge in [-0.1, -0.05) is 59.8 Å². The van der Waals surface area contributed by atoms with Crippen molar-refractivity contribution >= 4 is 22.7 Å². The normalized spacial score (nSPS) is 23.1. The van der Waals surface area contributed by atoms with Crippen LogP contribution in [0.4, 0.5) is 0 Å². The Morgan fingerprint density at radius 2 is 1.96 bits per heavy atom. The van der Waals surface area contributed by atoms with Crippen LogP contribution in [0, 0.1) is 17.3 Å². The summed E-state index contributed by atoms with van der Waals surface area (Å²) in [6.07, 6.45) is 3.15. The topological polar surface area (TPSA) is 55.1 Å². The predicted octanol–water partition coefficient (Wildman–Crippen LogP) is 5.30. The van der Waals surface area contributed by atoms with E-state index < -0.39 is 5.97 Å². The molecule has 4 nitrogen and oxygen atoms in total. The van der Waals surface area contributed by atoms with E-state index in [1.54, 1.807) is 0 Å². The van der Waals surface area contributed by atoms with E-state index in [9.17, 15) is 9.90 Å². The molecule has 0 fully saturated rings. The number of nitrogens with zero attached hydrogens (tertiary/aromatic N) is 2. The summed E-state index contributed by atoms with van der Waals surface area (Å²) >= 11 is 0. The molecule has 0 saturated heterocycles. The molecule has 4 heteroatoms. The first-order valence-electron chi connectivity index (χ1n) is 8.79. The molecule has 1 N–H and O–H groups in total. The zero-order valence-electron chi connectivity index (χ0n) is 15.5. The van der Waals surface area contributed by atoms with Crippen molar-refractivity contribution in [3.8, 4) is 0 Å². The first-order valence-corrected chi connectivity index (χ1v) is 8.79. The molecule has 0 bridgehead atoms. The molecule has 2 unspecified atom stereocenters. The van der Waals surface area contributed by atoms with Crippen molar-refractivity contribution in [1.29, 1.82) is 0 Å². The Balaban J connectivity index is 0.00000100. The number of carbonyl (C=O) groups is 1. The molecule has 3 rings (SSSR count). The zero-order valence-corrected chi connectivity index (χ0v) is 15.5. The van der Waals surface area contributed by atoms with Gasteiger partial charge in [0.2, 0.25) is 5.82 Å². The molecule has 2 aromatic rings. The standard InChI is InChI=1S/C18H22N2O2.C2H6/c1-11(2)18(4)12(3)9-10-15(18)20-14-8-6-5-7-13(14)19-16(20)17(21)22;1-2/h5-8,10-12H,9H2,1-4H3,(H,21,22);1-2H3. The number of fused-ring (bicyclic) bond motifs is 1. The highest BCUT2D eigenvalue weighted by Crippen LogP contribution is 2.51. The molecule has 1 aliphatic rings. The minimum atomic E-state index is -0.984. The second kappa shape index (κ2) is 6.80. The van der Waals surface area contributed by atoms with E-state index in [0.29, 0.717) is 11.8 Å². The lowest BCUT2D eigenvalue weighted by atomic mass is 9.70. The number of aromatic nitrogens is 2. The number of aromatic carboxylic acids is 1. The minimum Gasteiger partial charge on any atom is -0.475 e. The van der Waals surface area contributed by atoms with E-state index >= 15 is 0 Å². The van der Waals surface area contributed by atoms with Crippen molar-refractivity contribution in [2.75, 3.05) is 0 Å². The predicted molar refractivity (Wildman–Crippen MR) is 99.0 cm³/mol. The van der Waals surface area contributed by atoms with Crippen molar-refractivity contribution in [1.82, 2.24) is 9.55 Å². The number of allylic oxidation sites excluding steroid dienone is 2. The third-order valence-electron chi connectivity index (χ3n) is 5.43. The molecular weight excluding hydrogens is 300 g/mol. The lowest BCUT2D eigenvalue weighted by molar-refractivity contribution is 0.0681. The van der Waals surface area contributed by atoms with E-state index in [1.165, 1.54) is 0 Å². The fourth-order valence-corrected chi connectivity index (χ4v) is 3.62. The number of carboxylic acids is 1.